The first kappa shape index (κ1) is 16.5. The molecule has 4 rings (SSSR count). The van der Waals surface area contributed by atoms with Gasteiger partial charge in [0, 0.05) is 30.2 Å². The van der Waals surface area contributed by atoms with E-state index in [0.717, 1.165) is 11.1 Å². The SMILES string of the molecule is NC(=O)c1cccc2c[n+](-c3ccc(NC(=O)c4cccnc4)cc3)[nH]c12. The van der Waals surface area contributed by atoms with Crippen molar-refractivity contribution in [1.29, 1.82) is 0 Å². The van der Waals surface area contributed by atoms with Gasteiger partial charge in [0.25, 0.3) is 11.8 Å². The summed E-state index contributed by atoms with van der Waals surface area (Å²) < 4.78 is 1.80. The maximum Gasteiger partial charge on any atom is 0.257 e. The number of carbonyl (C=O) groups excluding carboxylic acids is 2. The number of nitrogens with one attached hydrogen (secondary N) is 2. The quantitative estimate of drug-likeness (QED) is 0.487. The third kappa shape index (κ3) is 3.25. The zero-order chi connectivity index (χ0) is 18.8. The standard InChI is InChI=1S/C20H15N5O2/c21-19(26)17-5-1-3-14-12-25(24-18(14)17)16-8-6-15(7-9-16)23-20(27)13-4-2-10-22-11-13/h1-12H,(H3,21,23,26,27)/p+1. The van der Waals surface area contributed by atoms with Crippen LogP contribution >= 0.6 is 0 Å². The maximum absolute atomic E-state index is 12.2. The number of hydrogen-bond acceptors (Lipinski definition) is 3. The molecule has 2 aromatic heterocycles. The minimum atomic E-state index is -0.483. The van der Waals surface area contributed by atoms with Gasteiger partial charge in [-0.25, -0.2) is 0 Å². The third-order valence-corrected chi connectivity index (χ3v) is 4.19. The number of fused-ring (bicyclic) bond motifs is 1. The number of benzene rings is 2. The predicted octanol–water partition coefficient (Wildman–Crippen LogP) is 2.19. The normalized spacial score (nSPS) is 10.7. The number of aromatic nitrogens is 3. The highest BCUT2D eigenvalue weighted by atomic mass is 16.2. The Labute approximate surface area is 154 Å². The molecule has 0 aliphatic carbocycles. The molecule has 7 heteroatoms. The van der Waals surface area contributed by atoms with E-state index in [0.29, 0.717) is 22.3 Å². The molecule has 0 aliphatic heterocycles. The number of pyridine rings is 1. The minimum absolute atomic E-state index is 0.222. The molecule has 0 fully saturated rings. The fourth-order valence-electron chi connectivity index (χ4n) is 2.84. The molecule has 2 heterocycles. The van der Waals surface area contributed by atoms with Gasteiger partial charge >= 0.3 is 0 Å². The number of hydrogen-bond donors (Lipinski definition) is 3. The van der Waals surface area contributed by atoms with E-state index in [4.69, 9.17) is 5.73 Å². The Balaban J connectivity index is 1.59. The van der Waals surface area contributed by atoms with E-state index >= 15 is 0 Å². The zero-order valence-corrected chi connectivity index (χ0v) is 14.2. The predicted molar refractivity (Wildman–Crippen MR) is 101 cm³/mol. The fraction of sp³-hybridized carbons (Fsp3) is 0. The number of rotatable bonds is 4. The van der Waals surface area contributed by atoms with E-state index < -0.39 is 5.91 Å². The molecule has 0 bridgehead atoms. The Morgan fingerprint density at radius 1 is 1.04 bits per heavy atom. The first-order valence-electron chi connectivity index (χ1n) is 8.27. The lowest BCUT2D eigenvalue weighted by atomic mass is 10.1. The second-order valence-electron chi connectivity index (χ2n) is 5.99. The fourth-order valence-corrected chi connectivity index (χ4v) is 2.84. The van der Waals surface area contributed by atoms with Crippen LogP contribution in [0.15, 0.2) is 73.2 Å². The Kier molecular flexibility index (Phi) is 4.10. The van der Waals surface area contributed by atoms with Crippen LogP contribution in [-0.4, -0.2) is 21.9 Å². The van der Waals surface area contributed by atoms with Crippen molar-refractivity contribution in [2.24, 2.45) is 5.73 Å². The molecule has 0 unspecified atom stereocenters. The average molecular weight is 358 g/mol. The number of anilines is 1. The number of carbonyl (C=O) groups is 2. The molecule has 4 N–H and O–H groups in total. The van der Waals surface area contributed by atoms with Crippen LogP contribution in [0, 0.1) is 0 Å². The molecule has 4 aromatic rings. The third-order valence-electron chi connectivity index (χ3n) is 4.19. The van der Waals surface area contributed by atoms with Crippen molar-refractivity contribution < 1.29 is 14.3 Å². The highest BCUT2D eigenvalue weighted by Crippen LogP contribution is 2.16. The summed E-state index contributed by atoms with van der Waals surface area (Å²) in [5, 5.41) is 6.87. The van der Waals surface area contributed by atoms with Crippen molar-refractivity contribution in [2.45, 2.75) is 0 Å². The van der Waals surface area contributed by atoms with Crippen molar-refractivity contribution in [3.63, 3.8) is 0 Å². The highest BCUT2D eigenvalue weighted by Gasteiger charge is 2.16. The second-order valence-corrected chi connectivity index (χ2v) is 5.99. The van der Waals surface area contributed by atoms with E-state index in [1.54, 1.807) is 47.3 Å². The molecule has 0 radical (unpaired) electrons. The van der Waals surface area contributed by atoms with Gasteiger partial charge in [0.15, 0.2) is 0 Å². The summed E-state index contributed by atoms with van der Waals surface area (Å²) in [6, 6.07) is 16.1. The van der Waals surface area contributed by atoms with Gasteiger partial charge in [-0.2, -0.15) is 5.10 Å². The van der Waals surface area contributed by atoms with Gasteiger partial charge in [-0.1, -0.05) is 10.7 Å². The van der Waals surface area contributed by atoms with Crippen LogP contribution in [0.1, 0.15) is 20.7 Å². The Bertz CT molecular complexity index is 1130. The molecule has 0 saturated carbocycles. The van der Waals surface area contributed by atoms with Gasteiger partial charge in [-0.15, -0.1) is 0 Å². The largest absolute Gasteiger partial charge is 0.366 e. The van der Waals surface area contributed by atoms with E-state index in [-0.39, 0.29) is 5.91 Å². The number of amides is 2. The molecule has 132 valence electrons. The van der Waals surface area contributed by atoms with Crippen molar-refractivity contribution in [1.82, 2.24) is 10.1 Å². The Morgan fingerprint density at radius 2 is 1.85 bits per heavy atom. The van der Waals surface area contributed by atoms with E-state index in [1.165, 1.54) is 6.20 Å². The van der Waals surface area contributed by atoms with Crippen LogP contribution in [0.5, 0.6) is 0 Å². The van der Waals surface area contributed by atoms with Crippen LogP contribution in [-0.2, 0) is 0 Å². The summed E-state index contributed by atoms with van der Waals surface area (Å²) in [4.78, 5) is 27.7. The lowest BCUT2D eigenvalue weighted by molar-refractivity contribution is -0.653. The highest BCUT2D eigenvalue weighted by molar-refractivity contribution is 6.04. The van der Waals surface area contributed by atoms with Gasteiger partial charge in [-0.3, -0.25) is 14.6 Å². The molecular weight excluding hydrogens is 342 g/mol. The average Bonchev–Trinajstić information content (AvgIpc) is 3.13. The van der Waals surface area contributed by atoms with Crippen molar-refractivity contribution in [2.75, 3.05) is 5.32 Å². The Morgan fingerprint density at radius 3 is 2.56 bits per heavy atom. The molecule has 27 heavy (non-hydrogen) atoms. The summed E-state index contributed by atoms with van der Waals surface area (Å²) in [6.45, 7) is 0. The van der Waals surface area contributed by atoms with E-state index in [9.17, 15) is 9.59 Å². The first-order chi connectivity index (χ1) is 13.1. The van der Waals surface area contributed by atoms with Gasteiger partial charge in [0.05, 0.1) is 16.5 Å². The zero-order valence-electron chi connectivity index (χ0n) is 14.2. The summed E-state index contributed by atoms with van der Waals surface area (Å²) in [7, 11) is 0. The van der Waals surface area contributed by atoms with Gasteiger partial charge in [0.1, 0.15) is 5.52 Å². The number of nitrogens with two attached hydrogens (primary N) is 1. The number of aromatic amines is 1. The summed E-state index contributed by atoms with van der Waals surface area (Å²) in [6.07, 6.45) is 5.01. The minimum Gasteiger partial charge on any atom is -0.366 e. The van der Waals surface area contributed by atoms with Crippen LogP contribution in [0.2, 0.25) is 0 Å². The van der Waals surface area contributed by atoms with Crippen LogP contribution in [0.4, 0.5) is 5.69 Å². The van der Waals surface area contributed by atoms with Gasteiger partial charge in [-0.05, 0) is 36.4 Å². The number of H-pyrrole nitrogens is 1. The monoisotopic (exact) mass is 358 g/mol. The topological polar surface area (TPSA) is 105 Å². The number of primary amides is 1. The molecule has 2 amide bonds. The van der Waals surface area contributed by atoms with Gasteiger partial charge < -0.3 is 11.1 Å². The first-order valence-corrected chi connectivity index (χ1v) is 8.27. The molecule has 0 saturated heterocycles. The molecular formula is C20H16N5O2+. The molecule has 2 aromatic carbocycles. The Hall–Kier alpha value is -4.00. The molecule has 0 aliphatic rings. The molecule has 7 nitrogen and oxygen atoms in total. The van der Waals surface area contributed by atoms with Crippen molar-refractivity contribution in [3.8, 4) is 5.69 Å². The molecule has 0 spiro atoms. The summed E-state index contributed by atoms with van der Waals surface area (Å²) >= 11 is 0. The van der Waals surface area contributed by atoms with Crippen LogP contribution in [0.25, 0.3) is 16.6 Å². The van der Waals surface area contributed by atoms with Crippen molar-refractivity contribution in [3.05, 3.63) is 84.3 Å². The second kappa shape index (κ2) is 6.72. The summed E-state index contributed by atoms with van der Waals surface area (Å²) in [5.41, 5.74) is 8.55. The van der Waals surface area contributed by atoms with E-state index in [1.807, 2.05) is 24.4 Å². The number of nitrogens with zero attached hydrogens (tertiary/aromatic N) is 2. The number of para-hydroxylation sites is 1. The maximum atomic E-state index is 12.2. The summed E-state index contributed by atoms with van der Waals surface area (Å²) in [5.74, 6) is -0.705. The van der Waals surface area contributed by atoms with Crippen LogP contribution < -0.4 is 15.7 Å². The van der Waals surface area contributed by atoms with Crippen LogP contribution in [0.3, 0.4) is 0 Å². The lowest BCUT2D eigenvalue weighted by Gasteiger charge is -2.04. The lowest BCUT2D eigenvalue weighted by Crippen LogP contribution is -2.31. The smallest absolute Gasteiger partial charge is 0.257 e. The molecule has 0 atom stereocenters. The van der Waals surface area contributed by atoms with E-state index in [2.05, 4.69) is 15.4 Å². The van der Waals surface area contributed by atoms with Crippen molar-refractivity contribution >= 4 is 28.4 Å². The van der Waals surface area contributed by atoms with Gasteiger partial charge in [0.2, 0.25) is 11.9 Å².